The lowest BCUT2D eigenvalue weighted by atomic mass is 10.2. The van der Waals surface area contributed by atoms with Crippen LogP contribution in [0.15, 0.2) is 65.7 Å². The number of anilines is 1. The normalized spacial score (nSPS) is 11.5. The highest BCUT2D eigenvalue weighted by Crippen LogP contribution is 2.28. The average molecular weight is 313 g/mol. The number of pyridine rings is 1. The second-order valence-electron chi connectivity index (χ2n) is 4.90. The van der Waals surface area contributed by atoms with E-state index in [0.717, 1.165) is 5.56 Å². The van der Waals surface area contributed by atoms with Gasteiger partial charge >= 0.3 is 0 Å². The molecule has 0 spiro atoms. The number of nitrogens with zero attached hydrogens (tertiary/aromatic N) is 2. The highest BCUT2D eigenvalue weighted by atomic mass is 32.2. The molecule has 0 radical (unpaired) electrons. The second-order valence-corrected chi connectivity index (χ2v) is 6.65. The number of aromatic nitrogens is 1. The summed E-state index contributed by atoms with van der Waals surface area (Å²) in [6.45, 7) is 1.85. The molecule has 0 aliphatic heterocycles. The van der Waals surface area contributed by atoms with Crippen molar-refractivity contribution < 1.29 is 8.42 Å². The summed E-state index contributed by atoms with van der Waals surface area (Å²) in [5.41, 5.74) is 1.29. The van der Waals surface area contributed by atoms with Gasteiger partial charge in [-0.15, -0.1) is 0 Å². The molecule has 6 heteroatoms. The van der Waals surface area contributed by atoms with Gasteiger partial charge in [0.05, 0.1) is 16.1 Å². The second kappa shape index (κ2) is 5.40. The first kappa shape index (κ1) is 14.5. The van der Waals surface area contributed by atoms with Crippen LogP contribution in [0.2, 0.25) is 0 Å². The van der Waals surface area contributed by atoms with Crippen molar-refractivity contribution in [2.75, 3.05) is 4.47 Å². The van der Waals surface area contributed by atoms with Crippen LogP contribution in [-0.2, 0) is 10.0 Å². The van der Waals surface area contributed by atoms with Crippen molar-refractivity contribution >= 4 is 26.6 Å². The average Bonchev–Trinajstić information content (AvgIpc) is 2.54. The molecule has 0 fully saturated rings. The van der Waals surface area contributed by atoms with Gasteiger partial charge in [0.2, 0.25) is 0 Å². The molecule has 0 saturated heterocycles. The summed E-state index contributed by atoms with van der Waals surface area (Å²) in [7, 11) is -4.16. The fourth-order valence-corrected chi connectivity index (χ4v) is 3.25. The van der Waals surface area contributed by atoms with Gasteiger partial charge in [0.1, 0.15) is 0 Å². The summed E-state index contributed by atoms with van der Waals surface area (Å²) in [6.07, 6.45) is 1.53. The molecule has 3 rings (SSSR count). The molecule has 0 bridgehead atoms. The Morgan fingerprint density at radius 1 is 1.00 bits per heavy atom. The Bertz CT molecular complexity index is 916. The van der Waals surface area contributed by atoms with Crippen LogP contribution in [0, 0.1) is 12.1 Å². The van der Waals surface area contributed by atoms with E-state index in [-0.39, 0.29) is 15.1 Å². The Morgan fingerprint density at radius 3 is 2.41 bits per heavy atom. The van der Waals surface area contributed by atoms with Gasteiger partial charge < -0.3 is 9.68 Å². The van der Waals surface area contributed by atoms with Crippen molar-refractivity contribution in [3.05, 3.63) is 71.6 Å². The summed E-state index contributed by atoms with van der Waals surface area (Å²) >= 11 is 0. The van der Waals surface area contributed by atoms with Crippen LogP contribution < -0.4 is 4.47 Å². The topological polar surface area (TPSA) is 73.3 Å². The lowest BCUT2D eigenvalue weighted by molar-refractivity contribution is 0.596. The van der Waals surface area contributed by atoms with E-state index in [1.165, 1.54) is 24.4 Å². The minimum absolute atomic E-state index is 0.0127. The van der Waals surface area contributed by atoms with Gasteiger partial charge in [0, 0.05) is 11.6 Å². The van der Waals surface area contributed by atoms with E-state index < -0.39 is 10.0 Å². The smallest absolute Gasteiger partial charge is 0.254 e. The molecule has 5 nitrogen and oxygen atoms in total. The molecule has 0 aliphatic carbocycles. The lowest BCUT2D eigenvalue weighted by Gasteiger charge is -2.30. The zero-order valence-electron chi connectivity index (χ0n) is 11.8. The van der Waals surface area contributed by atoms with Gasteiger partial charge in [-0.3, -0.25) is 4.98 Å². The quantitative estimate of drug-likeness (QED) is 0.696. The van der Waals surface area contributed by atoms with Crippen LogP contribution in [0.3, 0.4) is 0 Å². The Kier molecular flexibility index (Phi) is 3.56. The molecule has 0 saturated carbocycles. The number of fused-ring (bicyclic) bond motifs is 1. The van der Waals surface area contributed by atoms with Gasteiger partial charge in [-0.25, -0.2) is 8.42 Å². The maximum atomic E-state index is 12.5. The first-order valence-corrected chi connectivity index (χ1v) is 8.07. The van der Waals surface area contributed by atoms with E-state index in [1.807, 2.05) is 6.92 Å². The number of benzene rings is 2. The predicted octanol–water partition coefficient (Wildman–Crippen LogP) is 3.24. The molecular weight excluding hydrogens is 300 g/mol. The van der Waals surface area contributed by atoms with Gasteiger partial charge in [0.15, 0.2) is 0 Å². The maximum Gasteiger partial charge on any atom is 0.254 e. The van der Waals surface area contributed by atoms with Crippen molar-refractivity contribution in [1.29, 1.82) is 0 Å². The van der Waals surface area contributed by atoms with Crippen LogP contribution in [0.25, 0.3) is 10.9 Å². The lowest BCUT2D eigenvalue weighted by Crippen LogP contribution is -2.25. The zero-order chi connectivity index (χ0) is 15.7. The van der Waals surface area contributed by atoms with E-state index >= 15 is 0 Å². The highest BCUT2D eigenvalue weighted by Gasteiger charge is 2.19. The van der Waals surface area contributed by atoms with Gasteiger partial charge in [-0.05, 0) is 31.2 Å². The minimum Gasteiger partial charge on any atom is -0.744 e. The van der Waals surface area contributed by atoms with Crippen molar-refractivity contribution in [1.82, 2.24) is 4.98 Å². The molecule has 0 N–H and O–H groups in total. The summed E-state index contributed by atoms with van der Waals surface area (Å²) in [4.78, 5) is 4.08. The Balaban J connectivity index is 2.12. The molecule has 2 aromatic carbocycles. The minimum atomic E-state index is -4.16. The molecule has 0 atom stereocenters. The Hall–Kier alpha value is -2.44. The van der Waals surface area contributed by atoms with Crippen LogP contribution in [0.5, 0.6) is 0 Å². The van der Waals surface area contributed by atoms with Crippen molar-refractivity contribution in [2.45, 2.75) is 11.8 Å². The van der Waals surface area contributed by atoms with E-state index in [0.29, 0.717) is 10.9 Å². The monoisotopic (exact) mass is 313 g/mol. The zero-order valence-corrected chi connectivity index (χ0v) is 12.6. The number of rotatable bonds is 3. The SMILES string of the molecule is Cc1ccc(S(=O)(=O)N([O-])c2cccc3cccnc23)cc1. The van der Waals surface area contributed by atoms with Crippen LogP contribution in [0.1, 0.15) is 5.56 Å². The molecule has 1 aromatic heterocycles. The summed E-state index contributed by atoms with van der Waals surface area (Å²) in [5, 5.41) is 13.2. The first-order chi connectivity index (χ1) is 10.5. The standard InChI is InChI=1S/C16H13N2O3S/c1-12-7-9-14(10-8-12)22(20,21)18(19)15-6-2-4-13-5-3-11-17-16(13)15/h2-11H,1H3/q-1. The Labute approximate surface area is 128 Å². The molecule has 0 amide bonds. The third kappa shape index (κ3) is 2.43. The number of hydrogen-bond donors (Lipinski definition) is 0. The van der Waals surface area contributed by atoms with Crippen LogP contribution >= 0.6 is 0 Å². The highest BCUT2D eigenvalue weighted by molar-refractivity contribution is 7.93. The Morgan fingerprint density at radius 2 is 1.68 bits per heavy atom. The van der Waals surface area contributed by atoms with E-state index in [2.05, 4.69) is 4.98 Å². The molecule has 1 heterocycles. The largest absolute Gasteiger partial charge is 0.744 e. The van der Waals surface area contributed by atoms with E-state index in [4.69, 9.17) is 0 Å². The molecule has 112 valence electrons. The van der Waals surface area contributed by atoms with Crippen molar-refractivity contribution in [3.63, 3.8) is 0 Å². The van der Waals surface area contributed by atoms with Crippen LogP contribution in [0.4, 0.5) is 5.69 Å². The van der Waals surface area contributed by atoms with E-state index in [1.54, 1.807) is 36.4 Å². The fourth-order valence-electron chi connectivity index (χ4n) is 2.17. The number of sulfonamides is 1. The fraction of sp³-hybridized carbons (Fsp3) is 0.0625. The third-order valence-electron chi connectivity index (χ3n) is 3.35. The van der Waals surface area contributed by atoms with E-state index in [9.17, 15) is 13.6 Å². The molecule has 3 aromatic rings. The summed E-state index contributed by atoms with van der Waals surface area (Å²) < 4.78 is 25.0. The van der Waals surface area contributed by atoms with Crippen molar-refractivity contribution in [2.24, 2.45) is 0 Å². The third-order valence-corrected chi connectivity index (χ3v) is 4.85. The van der Waals surface area contributed by atoms with Crippen molar-refractivity contribution in [3.8, 4) is 0 Å². The first-order valence-electron chi connectivity index (χ1n) is 6.63. The summed E-state index contributed by atoms with van der Waals surface area (Å²) in [6, 6.07) is 14.5. The van der Waals surface area contributed by atoms with Gasteiger partial charge in [-0.2, -0.15) is 0 Å². The van der Waals surface area contributed by atoms with Gasteiger partial charge in [-0.1, -0.05) is 35.9 Å². The molecule has 22 heavy (non-hydrogen) atoms. The number of para-hydroxylation sites is 1. The number of hydrogen-bond acceptors (Lipinski definition) is 4. The predicted molar refractivity (Wildman–Crippen MR) is 86.0 cm³/mol. The van der Waals surface area contributed by atoms with Gasteiger partial charge in [0.25, 0.3) is 10.0 Å². The van der Waals surface area contributed by atoms with Crippen LogP contribution in [-0.4, -0.2) is 13.4 Å². The molecule has 0 aliphatic rings. The molecule has 0 unspecified atom stereocenters. The number of aryl methyl sites for hydroxylation is 1. The molecular formula is C16H13N2O3S-. The summed E-state index contributed by atoms with van der Waals surface area (Å²) in [5.74, 6) is 0. The maximum absolute atomic E-state index is 12.5.